The number of rotatable bonds is 38. The van der Waals surface area contributed by atoms with Crippen LogP contribution in [0.25, 0.3) is 0 Å². The molecule has 0 aliphatic carbocycles. The Balaban J connectivity index is 2.72. The maximum atomic E-state index is 13.9. The molecule has 5 nitrogen and oxygen atoms in total. The normalized spacial score (nSPS) is 12.9. The molecule has 0 amide bonds. The standard InChI is InChI=1S/C55H98O5/c1-9-11-13-15-17-19-21-23-25-27-29-31-33-35-37-39-41-48(40-38-36-34-32-30-28-26-24-22-20-18-16-14-12-10-2)60-53(59)47(45-51(56)57)42-46-43-49(54(3,4)5)52(58)50(44-46)55(6,7)8/h43-45,48,58H,9-42H2,1-8H3,(H,56,57). The van der Waals surface area contributed by atoms with Crippen molar-refractivity contribution in [1.29, 1.82) is 0 Å². The van der Waals surface area contributed by atoms with Crippen LogP contribution < -0.4 is 0 Å². The molecule has 0 heterocycles. The van der Waals surface area contributed by atoms with Gasteiger partial charge in [0.25, 0.3) is 0 Å². The number of esters is 1. The predicted molar refractivity (Wildman–Crippen MR) is 259 cm³/mol. The van der Waals surface area contributed by atoms with E-state index in [2.05, 4.69) is 55.4 Å². The van der Waals surface area contributed by atoms with Gasteiger partial charge in [-0.25, -0.2) is 9.59 Å². The number of carboxylic acid groups (broad SMARTS) is 1. The molecule has 0 bridgehead atoms. The zero-order valence-corrected chi connectivity index (χ0v) is 41.0. The Labute approximate surface area is 372 Å². The summed E-state index contributed by atoms with van der Waals surface area (Å²) in [7, 11) is 0. The van der Waals surface area contributed by atoms with Gasteiger partial charge in [-0.05, 0) is 53.2 Å². The third-order valence-electron chi connectivity index (χ3n) is 12.5. The van der Waals surface area contributed by atoms with Crippen LogP contribution >= 0.6 is 0 Å². The van der Waals surface area contributed by atoms with Gasteiger partial charge in [0.05, 0.1) is 0 Å². The summed E-state index contributed by atoms with van der Waals surface area (Å²) in [6.07, 6.45) is 43.5. The zero-order valence-electron chi connectivity index (χ0n) is 41.0. The molecular formula is C55H98O5. The van der Waals surface area contributed by atoms with Crippen molar-refractivity contribution in [3.8, 4) is 5.75 Å². The van der Waals surface area contributed by atoms with Gasteiger partial charge in [0.1, 0.15) is 11.9 Å². The minimum atomic E-state index is -1.15. The molecule has 348 valence electrons. The molecule has 1 rings (SSSR count). The average molecular weight is 839 g/mol. The quantitative estimate of drug-likeness (QED) is 0.0394. The molecule has 1 atom stereocenters. The Bertz CT molecular complexity index is 1230. The van der Waals surface area contributed by atoms with Crippen molar-refractivity contribution < 1.29 is 24.5 Å². The maximum absolute atomic E-state index is 13.9. The number of unbranched alkanes of at least 4 members (excludes halogenated alkanes) is 29. The highest BCUT2D eigenvalue weighted by molar-refractivity contribution is 5.96. The van der Waals surface area contributed by atoms with E-state index in [1.807, 2.05) is 12.1 Å². The van der Waals surface area contributed by atoms with Crippen LogP contribution in [0.2, 0.25) is 0 Å². The van der Waals surface area contributed by atoms with Crippen LogP contribution in [0, 0.1) is 0 Å². The van der Waals surface area contributed by atoms with Crippen molar-refractivity contribution in [2.24, 2.45) is 0 Å². The number of aromatic hydroxyl groups is 1. The van der Waals surface area contributed by atoms with Crippen molar-refractivity contribution >= 4 is 11.9 Å². The first-order valence-electron chi connectivity index (χ1n) is 25.7. The molecular weight excluding hydrogens is 741 g/mol. The van der Waals surface area contributed by atoms with Gasteiger partial charge in [-0.3, -0.25) is 0 Å². The Morgan fingerprint density at radius 2 is 0.800 bits per heavy atom. The molecule has 5 heteroatoms. The van der Waals surface area contributed by atoms with Crippen molar-refractivity contribution in [3.63, 3.8) is 0 Å². The summed E-state index contributed by atoms with van der Waals surface area (Å²) in [5.41, 5.74) is 1.89. The van der Waals surface area contributed by atoms with Gasteiger partial charge in [-0.15, -0.1) is 0 Å². The van der Waals surface area contributed by atoms with Crippen LogP contribution in [0.5, 0.6) is 5.75 Å². The van der Waals surface area contributed by atoms with Gasteiger partial charge in [0.2, 0.25) is 0 Å². The van der Waals surface area contributed by atoms with Crippen molar-refractivity contribution in [2.75, 3.05) is 0 Å². The fourth-order valence-electron chi connectivity index (χ4n) is 8.64. The summed E-state index contributed by atoms with van der Waals surface area (Å²) >= 11 is 0. The third-order valence-corrected chi connectivity index (χ3v) is 12.5. The monoisotopic (exact) mass is 839 g/mol. The molecule has 0 saturated carbocycles. The average Bonchev–Trinajstić information content (AvgIpc) is 3.18. The lowest BCUT2D eigenvalue weighted by Gasteiger charge is -2.28. The Hall–Kier alpha value is -2.30. The number of carbonyl (C=O) groups is 2. The van der Waals surface area contributed by atoms with Crippen LogP contribution in [0.4, 0.5) is 0 Å². The van der Waals surface area contributed by atoms with E-state index in [4.69, 9.17) is 4.74 Å². The van der Waals surface area contributed by atoms with Gasteiger partial charge >= 0.3 is 11.9 Å². The molecule has 0 fully saturated rings. The summed E-state index contributed by atoms with van der Waals surface area (Å²) in [6.45, 7) is 16.9. The van der Waals surface area contributed by atoms with Gasteiger partial charge in [0, 0.05) is 18.1 Å². The molecule has 2 N–H and O–H groups in total. The number of carbonyl (C=O) groups excluding carboxylic acids is 1. The highest BCUT2D eigenvalue weighted by atomic mass is 16.5. The molecule has 0 saturated heterocycles. The van der Waals surface area contributed by atoms with Crippen molar-refractivity contribution in [1.82, 2.24) is 0 Å². The van der Waals surface area contributed by atoms with Crippen molar-refractivity contribution in [2.45, 2.75) is 291 Å². The summed E-state index contributed by atoms with van der Waals surface area (Å²) < 4.78 is 6.23. The second-order valence-electron chi connectivity index (χ2n) is 20.6. The lowest BCUT2D eigenvalue weighted by molar-refractivity contribution is -0.145. The number of benzene rings is 1. The second-order valence-corrected chi connectivity index (χ2v) is 20.6. The van der Waals surface area contributed by atoms with E-state index in [-0.39, 0.29) is 34.7 Å². The van der Waals surface area contributed by atoms with E-state index >= 15 is 0 Å². The number of phenolic OH excluding ortho intramolecular Hbond substituents is 1. The maximum Gasteiger partial charge on any atom is 0.334 e. The summed E-state index contributed by atoms with van der Waals surface area (Å²) in [5.74, 6) is -1.40. The Morgan fingerprint density at radius 1 is 0.517 bits per heavy atom. The first kappa shape index (κ1) is 55.7. The van der Waals surface area contributed by atoms with E-state index in [0.29, 0.717) is 0 Å². The number of ether oxygens (including phenoxy) is 1. The highest BCUT2D eigenvalue weighted by Gasteiger charge is 2.28. The van der Waals surface area contributed by atoms with E-state index in [0.717, 1.165) is 61.3 Å². The Morgan fingerprint density at radius 3 is 1.07 bits per heavy atom. The van der Waals surface area contributed by atoms with Crippen LogP contribution in [-0.4, -0.2) is 28.3 Å². The number of carboxylic acids is 1. The predicted octanol–water partition coefficient (Wildman–Crippen LogP) is 17.4. The third kappa shape index (κ3) is 28.3. The lowest BCUT2D eigenvalue weighted by Crippen LogP contribution is -2.22. The van der Waals surface area contributed by atoms with E-state index < -0.39 is 11.9 Å². The van der Waals surface area contributed by atoms with Gasteiger partial charge in [0.15, 0.2) is 0 Å². The van der Waals surface area contributed by atoms with E-state index in [1.54, 1.807) is 0 Å². The largest absolute Gasteiger partial charge is 0.507 e. The van der Waals surface area contributed by atoms with Gasteiger partial charge in [-0.2, -0.15) is 0 Å². The molecule has 0 spiro atoms. The summed E-state index contributed by atoms with van der Waals surface area (Å²) in [4.78, 5) is 25.9. The number of hydrogen-bond donors (Lipinski definition) is 2. The molecule has 1 unspecified atom stereocenters. The molecule has 0 aliphatic heterocycles. The van der Waals surface area contributed by atoms with Crippen LogP contribution in [0.1, 0.15) is 284 Å². The fourth-order valence-corrected chi connectivity index (χ4v) is 8.64. The van der Waals surface area contributed by atoms with Gasteiger partial charge in [-0.1, -0.05) is 254 Å². The smallest absolute Gasteiger partial charge is 0.334 e. The van der Waals surface area contributed by atoms with E-state index in [1.165, 1.54) is 173 Å². The number of aliphatic carboxylic acids is 1. The first-order chi connectivity index (χ1) is 28.7. The zero-order chi connectivity index (χ0) is 44.5. The minimum absolute atomic E-state index is 0.141. The summed E-state index contributed by atoms with van der Waals surface area (Å²) in [6, 6.07) is 3.86. The van der Waals surface area contributed by atoms with Gasteiger partial charge < -0.3 is 14.9 Å². The number of phenols is 1. The lowest BCUT2D eigenvalue weighted by atomic mass is 9.78. The van der Waals surface area contributed by atoms with Crippen LogP contribution in [0.3, 0.4) is 0 Å². The molecule has 60 heavy (non-hydrogen) atoms. The second kappa shape index (κ2) is 34.2. The van der Waals surface area contributed by atoms with Crippen LogP contribution in [-0.2, 0) is 31.6 Å². The van der Waals surface area contributed by atoms with E-state index in [9.17, 15) is 19.8 Å². The molecule has 0 aliphatic rings. The summed E-state index contributed by atoms with van der Waals surface area (Å²) in [5, 5.41) is 21.1. The highest BCUT2D eigenvalue weighted by Crippen LogP contribution is 2.40. The molecule has 0 radical (unpaired) electrons. The van der Waals surface area contributed by atoms with Crippen molar-refractivity contribution in [3.05, 3.63) is 40.5 Å². The SMILES string of the molecule is CCCCCCCCCCCCCCCCCCC(CCCCCCCCCCCCCCCCC)OC(=O)C(=CC(=O)O)Cc1cc(C(C)(C)C)c(O)c(C(C)(C)C)c1. The Kier molecular flexibility index (Phi) is 31.8. The topological polar surface area (TPSA) is 83.8 Å². The molecule has 0 aromatic heterocycles. The first-order valence-corrected chi connectivity index (χ1v) is 25.7. The fraction of sp³-hybridized carbons (Fsp3) is 0.818. The molecule has 1 aromatic rings. The number of hydrogen-bond acceptors (Lipinski definition) is 4. The minimum Gasteiger partial charge on any atom is -0.507 e. The molecule has 1 aromatic carbocycles. The van der Waals surface area contributed by atoms with Crippen LogP contribution in [0.15, 0.2) is 23.8 Å².